The van der Waals surface area contributed by atoms with Gasteiger partial charge in [-0.1, -0.05) is 0 Å². The fraction of sp³-hybridized carbons (Fsp3) is 0.429. The number of hydrogen-bond acceptors (Lipinski definition) is 5. The maximum absolute atomic E-state index is 12.0. The van der Waals surface area contributed by atoms with Crippen molar-refractivity contribution in [3.63, 3.8) is 0 Å². The maximum Gasteiger partial charge on any atom is 0.305 e. The normalized spacial score (nSPS) is 17.9. The van der Waals surface area contributed by atoms with Crippen molar-refractivity contribution in [3.05, 3.63) is 23.8 Å². The summed E-state index contributed by atoms with van der Waals surface area (Å²) in [6.07, 6.45) is -0.0743. The number of carbonyl (C=O) groups is 2. The molecule has 1 fully saturated rings. The highest BCUT2D eigenvalue weighted by Crippen LogP contribution is 2.43. The van der Waals surface area contributed by atoms with Crippen molar-refractivity contribution in [3.8, 4) is 11.5 Å². The zero-order valence-electron chi connectivity index (χ0n) is 11.9. The van der Waals surface area contributed by atoms with Gasteiger partial charge in [0.2, 0.25) is 5.91 Å². The molecule has 1 atom stereocenters. The minimum Gasteiger partial charge on any atom is -0.497 e. The van der Waals surface area contributed by atoms with Crippen molar-refractivity contribution in [2.45, 2.75) is 11.8 Å². The second-order valence-corrected chi connectivity index (χ2v) is 5.57. The number of carboxylic acids is 1. The molecule has 1 saturated heterocycles. The number of hydrogen-bond donors (Lipinski definition) is 1. The molecule has 0 spiro atoms. The molecule has 1 aliphatic rings. The summed E-state index contributed by atoms with van der Waals surface area (Å²) in [5.41, 5.74) is 0.818. The van der Waals surface area contributed by atoms with Gasteiger partial charge < -0.3 is 19.5 Å². The number of methoxy groups -OCH3 is 2. The third-order valence-electron chi connectivity index (χ3n) is 3.24. The van der Waals surface area contributed by atoms with Gasteiger partial charge in [-0.3, -0.25) is 9.59 Å². The number of ether oxygens (including phenoxy) is 2. The Bertz CT molecular complexity index is 548. The lowest BCUT2D eigenvalue weighted by atomic mass is 10.1. The molecular formula is C14H17NO5S. The Kier molecular flexibility index (Phi) is 4.95. The lowest BCUT2D eigenvalue weighted by Gasteiger charge is -2.25. The van der Waals surface area contributed by atoms with E-state index in [2.05, 4.69) is 0 Å². The van der Waals surface area contributed by atoms with Crippen molar-refractivity contribution in [1.29, 1.82) is 0 Å². The molecule has 0 saturated carbocycles. The minimum atomic E-state index is -0.920. The zero-order chi connectivity index (χ0) is 15.4. The van der Waals surface area contributed by atoms with Crippen LogP contribution in [-0.4, -0.2) is 48.4 Å². The summed E-state index contributed by atoms with van der Waals surface area (Å²) in [5, 5.41) is 8.56. The van der Waals surface area contributed by atoms with Gasteiger partial charge >= 0.3 is 5.97 Å². The second kappa shape index (κ2) is 6.71. The van der Waals surface area contributed by atoms with Crippen LogP contribution in [0, 0.1) is 0 Å². The Morgan fingerprint density at radius 1 is 1.43 bits per heavy atom. The molecule has 1 amide bonds. The molecule has 114 valence electrons. The summed E-state index contributed by atoms with van der Waals surface area (Å²) >= 11 is 1.46. The lowest BCUT2D eigenvalue weighted by Crippen LogP contribution is -2.30. The standard InChI is InChI=1S/C14H17NO5S/c1-19-9-3-4-11(20-2)10(7-9)14-15(6-5-13(17)18)12(16)8-21-14/h3-4,7,14H,5-6,8H2,1-2H3,(H,17,18)/t14-/m1/s1. The van der Waals surface area contributed by atoms with Gasteiger partial charge in [-0.2, -0.15) is 0 Å². The Labute approximate surface area is 127 Å². The second-order valence-electron chi connectivity index (χ2n) is 4.50. The van der Waals surface area contributed by atoms with E-state index in [1.54, 1.807) is 31.3 Å². The number of amides is 1. The predicted octanol–water partition coefficient (Wildman–Crippen LogP) is 1.75. The van der Waals surface area contributed by atoms with Crippen LogP contribution in [0.4, 0.5) is 0 Å². The average molecular weight is 311 g/mol. The van der Waals surface area contributed by atoms with E-state index in [4.69, 9.17) is 14.6 Å². The highest BCUT2D eigenvalue weighted by atomic mass is 32.2. The summed E-state index contributed by atoms with van der Waals surface area (Å²) in [6.45, 7) is 0.187. The fourth-order valence-electron chi connectivity index (χ4n) is 2.20. The zero-order valence-corrected chi connectivity index (χ0v) is 12.7. The van der Waals surface area contributed by atoms with Crippen LogP contribution < -0.4 is 9.47 Å². The number of benzene rings is 1. The Hall–Kier alpha value is -1.89. The van der Waals surface area contributed by atoms with Gasteiger partial charge in [0, 0.05) is 12.1 Å². The smallest absolute Gasteiger partial charge is 0.305 e. The quantitative estimate of drug-likeness (QED) is 0.862. The van der Waals surface area contributed by atoms with E-state index in [9.17, 15) is 9.59 Å². The van der Waals surface area contributed by atoms with Gasteiger partial charge in [0.05, 0.1) is 26.4 Å². The minimum absolute atomic E-state index is 0.0591. The number of rotatable bonds is 6. The molecule has 1 N–H and O–H groups in total. The molecule has 0 unspecified atom stereocenters. The molecular weight excluding hydrogens is 294 g/mol. The number of aliphatic carboxylic acids is 1. The first-order chi connectivity index (χ1) is 10.1. The fourth-order valence-corrected chi connectivity index (χ4v) is 3.43. The van der Waals surface area contributed by atoms with Crippen LogP contribution >= 0.6 is 11.8 Å². The molecule has 1 aromatic rings. The van der Waals surface area contributed by atoms with Crippen LogP contribution in [0.25, 0.3) is 0 Å². The van der Waals surface area contributed by atoms with Crippen LogP contribution in [0.1, 0.15) is 17.4 Å². The van der Waals surface area contributed by atoms with E-state index in [1.807, 2.05) is 6.07 Å². The van der Waals surface area contributed by atoms with E-state index in [0.717, 1.165) is 5.56 Å². The highest BCUT2D eigenvalue weighted by molar-refractivity contribution is 8.00. The number of carboxylic acid groups (broad SMARTS) is 1. The third-order valence-corrected chi connectivity index (χ3v) is 4.48. The summed E-state index contributed by atoms with van der Waals surface area (Å²) in [6, 6.07) is 5.39. The van der Waals surface area contributed by atoms with E-state index in [-0.39, 0.29) is 24.2 Å². The van der Waals surface area contributed by atoms with E-state index >= 15 is 0 Å². The highest BCUT2D eigenvalue weighted by Gasteiger charge is 2.34. The summed E-state index contributed by atoms with van der Waals surface area (Å²) in [5.74, 6) is 0.685. The van der Waals surface area contributed by atoms with E-state index < -0.39 is 5.97 Å². The summed E-state index contributed by atoms with van der Waals surface area (Å²) in [7, 11) is 3.13. The molecule has 6 nitrogen and oxygen atoms in total. The van der Waals surface area contributed by atoms with Crippen LogP contribution in [0.3, 0.4) is 0 Å². The van der Waals surface area contributed by atoms with Crippen molar-refractivity contribution in [2.75, 3.05) is 26.5 Å². The Morgan fingerprint density at radius 2 is 2.19 bits per heavy atom. The molecule has 21 heavy (non-hydrogen) atoms. The molecule has 0 aliphatic carbocycles. The predicted molar refractivity (Wildman–Crippen MR) is 78.7 cm³/mol. The lowest BCUT2D eigenvalue weighted by molar-refractivity contribution is -0.138. The average Bonchev–Trinajstić information content (AvgIpc) is 2.85. The van der Waals surface area contributed by atoms with Gasteiger partial charge in [0.1, 0.15) is 16.9 Å². The monoisotopic (exact) mass is 311 g/mol. The molecule has 0 radical (unpaired) electrons. The maximum atomic E-state index is 12.0. The Morgan fingerprint density at radius 3 is 2.81 bits per heavy atom. The number of nitrogens with zero attached hydrogens (tertiary/aromatic N) is 1. The van der Waals surface area contributed by atoms with Crippen LogP contribution in [0.2, 0.25) is 0 Å². The molecule has 1 heterocycles. The molecule has 0 bridgehead atoms. The van der Waals surface area contributed by atoms with Gasteiger partial charge in [-0.05, 0) is 18.2 Å². The molecule has 1 aliphatic heterocycles. The number of carbonyl (C=O) groups excluding carboxylic acids is 1. The van der Waals surface area contributed by atoms with Crippen LogP contribution in [0.5, 0.6) is 11.5 Å². The van der Waals surface area contributed by atoms with Crippen molar-refractivity contribution in [1.82, 2.24) is 4.90 Å². The number of thioether (sulfide) groups is 1. The topological polar surface area (TPSA) is 76.1 Å². The van der Waals surface area contributed by atoms with Gasteiger partial charge in [0.15, 0.2) is 0 Å². The summed E-state index contributed by atoms with van der Waals surface area (Å²) in [4.78, 5) is 24.3. The van der Waals surface area contributed by atoms with Crippen LogP contribution in [0.15, 0.2) is 18.2 Å². The first kappa shape index (κ1) is 15.5. The SMILES string of the molecule is COc1ccc(OC)c([C@H]2SCC(=O)N2CCC(=O)O)c1. The van der Waals surface area contributed by atoms with Gasteiger partial charge in [-0.25, -0.2) is 0 Å². The van der Waals surface area contributed by atoms with E-state index in [0.29, 0.717) is 17.3 Å². The van der Waals surface area contributed by atoms with Gasteiger partial charge in [-0.15, -0.1) is 11.8 Å². The van der Waals surface area contributed by atoms with Crippen molar-refractivity contribution < 1.29 is 24.2 Å². The first-order valence-corrected chi connectivity index (χ1v) is 7.46. The molecule has 7 heteroatoms. The molecule has 0 aromatic heterocycles. The third kappa shape index (κ3) is 3.41. The molecule has 2 rings (SSSR count). The first-order valence-electron chi connectivity index (χ1n) is 6.41. The van der Waals surface area contributed by atoms with Crippen LogP contribution in [-0.2, 0) is 9.59 Å². The van der Waals surface area contributed by atoms with E-state index in [1.165, 1.54) is 11.8 Å². The largest absolute Gasteiger partial charge is 0.497 e. The van der Waals surface area contributed by atoms with Crippen molar-refractivity contribution in [2.24, 2.45) is 0 Å². The van der Waals surface area contributed by atoms with Gasteiger partial charge in [0.25, 0.3) is 0 Å². The Balaban J connectivity index is 2.29. The van der Waals surface area contributed by atoms with Crippen molar-refractivity contribution >= 4 is 23.6 Å². The molecule has 1 aromatic carbocycles. The summed E-state index contributed by atoms with van der Waals surface area (Å²) < 4.78 is 10.6.